The average molecular weight is 396 g/mol. The monoisotopic (exact) mass is 396 g/mol. The van der Waals surface area contributed by atoms with Crippen molar-refractivity contribution < 1.29 is 28.9 Å². The van der Waals surface area contributed by atoms with Gasteiger partial charge in [-0.2, -0.15) is 0 Å². The van der Waals surface area contributed by atoms with E-state index in [1.165, 1.54) is 12.1 Å². The third kappa shape index (κ3) is 5.03. The summed E-state index contributed by atoms with van der Waals surface area (Å²) in [6.45, 7) is 3.68. The Morgan fingerprint density at radius 3 is 2.66 bits per heavy atom. The van der Waals surface area contributed by atoms with Crippen molar-refractivity contribution in [2.45, 2.75) is 12.5 Å². The molecule has 0 bridgehead atoms. The van der Waals surface area contributed by atoms with Gasteiger partial charge in [-0.1, -0.05) is 24.3 Å². The Morgan fingerprint density at radius 2 is 1.90 bits per heavy atom. The smallest absolute Gasteiger partial charge is 0.371 e. The van der Waals surface area contributed by atoms with Crippen molar-refractivity contribution in [1.29, 1.82) is 0 Å². The molecule has 0 amide bonds. The summed E-state index contributed by atoms with van der Waals surface area (Å²) in [5.74, 6) is -0.791. The van der Waals surface area contributed by atoms with Crippen molar-refractivity contribution in [2.24, 2.45) is 0 Å². The van der Waals surface area contributed by atoms with Crippen molar-refractivity contribution in [3.63, 3.8) is 0 Å². The number of benzene rings is 2. The molecule has 3 rings (SSSR count). The van der Waals surface area contributed by atoms with Gasteiger partial charge in [-0.25, -0.2) is 4.79 Å². The molecule has 0 aliphatic carbocycles. The molecule has 0 saturated heterocycles. The van der Waals surface area contributed by atoms with Crippen LogP contribution in [0.15, 0.2) is 70.4 Å². The second-order valence-corrected chi connectivity index (χ2v) is 6.31. The van der Waals surface area contributed by atoms with Gasteiger partial charge in [0.15, 0.2) is 5.43 Å². The van der Waals surface area contributed by atoms with Crippen LogP contribution in [0.2, 0.25) is 0 Å². The average Bonchev–Trinajstić information content (AvgIpc) is 2.71. The fraction of sp³-hybridized carbons (Fsp3) is 0.182. The molecule has 1 unspecified atom stereocenters. The van der Waals surface area contributed by atoms with Gasteiger partial charge in [-0.3, -0.25) is 4.79 Å². The number of fused-ring (bicyclic) bond motifs is 1. The normalized spacial score (nSPS) is 11.8. The van der Waals surface area contributed by atoms with E-state index in [1.54, 1.807) is 12.1 Å². The maximum absolute atomic E-state index is 11.9. The third-order valence-electron chi connectivity index (χ3n) is 4.12. The zero-order chi connectivity index (χ0) is 20.8. The third-order valence-corrected chi connectivity index (χ3v) is 4.12. The minimum Gasteiger partial charge on any atom is -0.491 e. The molecule has 1 atom stereocenters. The molecule has 29 heavy (non-hydrogen) atoms. The molecule has 150 valence electrons. The van der Waals surface area contributed by atoms with Crippen LogP contribution in [0.4, 0.5) is 0 Å². The van der Waals surface area contributed by atoms with Crippen molar-refractivity contribution in [2.75, 3.05) is 13.2 Å². The lowest BCUT2D eigenvalue weighted by atomic mass is 10.1. The van der Waals surface area contributed by atoms with E-state index >= 15 is 0 Å². The minimum absolute atomic E-state index is 0.0278. The highest BCUT2D eigenvalue weighted by molar-refractivity contribution is 5.87. The quantitative estimate of drug-likeness (QED) is 0.536. The highest BCUT2D eigenvalue weighted by atomic mass is 16.5. The van der Waals surface area contributed by atoms with Crippen molar-refractivity contribution in [1.82, 2.24) is 0 Å². The number of carboxylic acid groups (broad SMARTS) is 1. The molecule has 0 aliphatic rings. The number of carbonyl (C=O) groups is 1. The predicted molar refractivity (Wildman–Crippen MR) is 107 cm³/mol. The molecule has 3 aromatic rings. The maximum atomic E-state index is 11.9. The molecule has 1 heterocycles. The number of aliphatic hydroxyl groups is 1. The van der Waals surface area contributed by atoms with Gasteiger partial charge in [0.2, 0.25) is 5.76 Å². The fourth-order valence-electron chi connectivity index (χ4n) is 2.73. The molecule has 0 aliphatic heterocycles. The molecule has 0 radical (unpaired) electrons. The summed E-state index contributed by atoms with van der Waals surface area (Å²) < 4.78 is 16.4. The lowest BCUT2D eigenvalue weighted by molar-refractivity contribution is 0.0623. The van der Waals surface area contributed by atoms with E-state index in [2.05, 4.69) is 6.58 Å². The molecular weight excluding hydrogens is 376 g/mol. The number of aromatic carboxylic acids is 1. The van der Waals surface area contributed by atoms with Gasteiger partial charge >= 0.3 is 5.97 Å². The number of hydrogen-bond acceptors (Lipinski definition) is 6. The van der Waals surface area contributed by atoms with E-state index in [0.29, 0.717) is 17.9 Å². The van der Waals surface area contributed by atoms with E-state index < -0.39 is 23.3 Å². The Hall–Kier alpha value is -3.58. The van der Waals surface area contributed by atoms with Crippen LogP contribution in [0.1, 0.15) is 16.1 Å². The Labute approximate surface area is 166 Å². The van der Waals surface area contributed by atoms with Gasteiger partial charge in [0.1, 0.15) is 36.4 Å². The number of allylic oxidation sites excluding steroid dienone is 1. The molecule has 2 N–H and O–H groups in total. The molecule has 0 saturated carbocycles. The summed E-state index contributed by atoms with van der Waals surface area (Å²) in [5, 5.41) is 19.4. The van der Waals surface area contributed by atoms with E-state index in [1.807, 2.05) is 24.3 Å². The number of carboxylic acids is 1. The highest BCUT2D eigenvalue weighted by Crippen LogP contribution is 2.21. The van der Waals surface area contributed by atoms with Crippen LogP contribution in [-0.2, 0) is 6.42 Å². The summed E-state index contributed by atoms with van der Waals surface area (Å²) in [6.07, 6.45) is 1.53. The number of rotatable bonds is 9. The summed E-state index contributed by atoms with van der Waals surface area (Å²) in [4.78, 5) is 23.0. The lowest BCUT2D eigenvalue weighted by Crippen LogP contribution is -2.25. The summed E-state index contributed by atoms with van der Waals surface area (Å²) in [6, 6.07) is 12.9. The minimum atomic E-state index is -1.33. The second-order valence-electron chi connectivity index (χ2n) is 6.31. The van der Waals surface area contributed by atoms with E-state index in [-0.39, 0.29) is 24.2 Å². The highest BCUT2D eigenvalue weighted by Gasteiger charge is 2.13. The summed E-state index contributed by atoms with van der Waals surface area (Å²) in [7, 11) is 0. The number of ether oxygens (including phenoxy) is 2. The Kier molecular flexibility index (Phi) is 6.31. The fourth-order valence-corrected chi connectivity index (χ4v) is 2.73. The summed E-state index contributed by atoms with van der Waals surface area (Å²) in [5.41, 5.74) is 0.604. The van der Waals surface area contributed by atoms with Gasteiger partial charge in [0.05, 0.1) is 5.39 Å². The van der Waals surface area contributed by atoms with Gasteiger partial charge in [0.25, 0.3) is 0 Å². The first-order chi connectivity index (χ1) is 14.0. The number of hydrogen-bond donors (Lipinski definition) is 2. The van der Waals surface area contributed by atoms with Gasteiger partial charge < -0.3 is 24.1 Å². The zero-order valence-electron chi connectivity index (χ0n) is 15.5. The number of para-hydroxylation sites is 1. The van der Waals surface area contributed by atoms with Crippen molar-refractivity contribution >= 4 is 16.9 Å². The Balaban J connectivity index is 1.63. The van der Waals surface area contributed by atoms with Crippen LogP contribution in [0.5, 0.6) is 11.5 Å². The first-order valence-corrected chi connectivity index (χ1v) is 8.91. The zero-order valence-corrected chi connectivity index (χ0v) is 15.5. The van der Waals surface area contributed by atoms with Crippen LogP contribution >= 0.6 is 0 Å². The first kappa shape index (κ1) is 20.2. The molecular formula is C22H20O7. The first-order valence-electron chi connectivity index (χ1n) is 8.91. The molecule has 1 aromatic heterocycles. The maximum Gasteiger partial charge on any atom is 0.371 e. The summed E-state index contributed by atoms with van der Waals surface area (Å²) >= 11 is 0. The van der Waals surface area contributed by atoms with Crippen LogP contribution in [0, 0.1) is 0 Å². The molecule has 0 fully saturated rings. The SMILES string of the molecule is C=CCc1ccccc1OCC(O)COc1ccc2c(=O)cc(C(=O)O)oc2c1. The van der Waals surface area contributed by atoms with Crippen LogP contribution < -0.4 is 14.9 Å². The van der Waals surface area contributed by atoms with Gasteiger partial charge in [0, 0.05) is 12.1 Å². The van der Waals surface area contributed by atoms with Gasteiger partial charge in [-0.05, 0) is 30.2 Å². The van der Waals surface area contributed by atoms with Crippen LogP contribution in [0.25, 0.3) is 11.0 Å². The lowest BCUT2D eigenvalue weighted by Gasteiger charge is -2.15. The molecule has 7 heteroatoms. The number of aliphatic hydroxyl groups excluding tert-OH is 1. The predicted octanol–water partition coefficient (Wildman–Crippen LogP) is 3.04. The Morgan fingerprint density at radius 1 is 1.14 bits per heavy atom. The second kappa shape index (κ2) is 9.07. The van der Waals surface area contributed by atoms with Crippen molar-refractivity contribution in [3.05, 3.63) is 82.7 Å². The Bertz CT molecular complexity index is 1080. The van der Waals surface area contributed by atoms with E-state index in [9.17, 15) is 14.7 Å². The largest absolute Gasteiger partial charge is 0.491 e. The van der Waals surface area contributed by atoms with Gasteiger partial charge in [-0.15, -0.1) is 6.58 Å². The van der Waals surface area contributed by atoms with E-state index in [0.717, 1.165) is 11.6 Å². The van der Waals surface area contributed by atoms with E-state index in [4.69, 9.17) is 19.0 Å². The van der Waals surface area contributed by atoms with Crippen LogP contribution in [0.3, 0.4) is 0 Å². The van der Waals surface area contributed by atoms with Crippen molar-refractivity contribution in [3.8, 4) is 11.5 Å². The standard InChI is InChI=1S/C22H20O7/c1-2-5-14-6-3-4-7-19(14)28-13-15(23)12-27-16-8-9-17-18(24)11-21(22(25)26)29-20(17)10-16/h2-4,6-11,15,23H,1,5,12-13H2,(H,25,26). The molecule has 7 nitrogen and oxygen atoms in total. The molecule has 0 spiro atoms. The molecule has 2 aromatic carbocycles. The topological polar surface area (TPSA) is 106 Å². The van der Waals surface area contributed by atoms with Crippen LogP contribution in [-0.4, -0.2) is 35.5 Å².